The second kappa shape index (κ2) is 1.73. The molecule has 0 fully saturated rings. The van der Waals surface area contributed by atoms with Crippen molar-refractivity contribution in [1.82, 2.24) is 5.43 Å². The lowest BCUT2D eigenvalue weighted by Gasteiger charge is -1.90. The van der Waals surface area contributed by atoms with Gasteiger partial charge in [0.2, 0.25) is 0 Å². The Morgan fingerprint density at radius 2 is 2.10 bits per heavy atom. The first-order valence-corrected chi connectivity index (χ1v) is 2.98. The highest BCUT2D eigenvalue weighted by molar-refractivity contribution is 6.03. The fourth-order valence-corrected chi connectivity index (χ4v) is 0.938. The summed E-state index contributed by atoms with van der Waals surface area (Å²) in [7, 11) is 0. The third-order valence-electron chi connectivity index (χ3n) is 1.44. The molecule has 0 aromatic heterocycles. The number of rotatable bonds is 0. The lowest BCUT2D eigenvalue weighted by Crippen LogP contribution is -2.10. The summed E-state index contributed by atoms with van der Waals surface area (Å²) in [6.07, 6.45) is 0. The van der Waals surface area contributed by atoms with Crippen molar-refractivity contribution in [3.8, 4) is 0 Å². The van der Waals surface area contributed by atoms with Crippen LogP contribution in [0.15, 0.2) is 24.3 Å². The largest absolute Gasteiger partial charge is 0.295 e. The normalized spacial score (nSPS) is 13.8. The zero-order chi connectivity index (χ0) is 6.97. The van der Waals surface area contributed by atoms with Gasteiger partial charge in [-0.15, -0.1) is 5.43 Å². The van der Waals surface area contributed by atoms with Gasteiger partial charge in [-0.25, -0.2) is 0 Å². The van der Waals surface area contributed by atoms with Crippen molar-refractivity contribution in [2.24, 2.45) is 0 Å². The molecule has 1 radical (unpaired) electrons. The van der Waals surface area contributed by atoms with Crippen LogP contribution in [0.5, 0.6) is 0 Å². The van der Waals surface area contributed by atoms with Gasteiger partial charge in [0.15, 0.2) is 0 Å². The third kappa shape index (κ3) is 0.572. The summed E-state index contributed by atoms with van der Waals surface area (Å²) in [6, 6.07) is 7.25. The summed E-state index contributed by atoms with van der Waals surface area (Å²) < 4.78 is 0. The number of benzene rings is 1. The number of anilines is 1. The third-order valence-corrected chi connectivity index (χ3v) is 1.44. The molecule has 10 heavy (non-hydrogen) atoms. The van der Waals surface area contributed by atoms with E-state index in [9.17, 15) is 4.79 Å². The van der Waals surface area contributed by atoms with Gasteiger partial charge in [0, 0.05) is 0 Å². The quantitative estimate of drug-likeness (QED) is 0.568. The van der Waals surface area contributed by atoms with Crippen LogP contribution in [0.3, 0.4) is 0 Å². The highest BCUT2D eigenvalue weighted by Gasteiger charge is 2.18. The van der Waals surface area contributed by atoms with Gasteiger partial charge in [-0.1, -0.05) is 12.1 Å². The maximum Gasteiger partial charge on any atom is 0.295 e. The van der Waals surface area contributed by atoms with Crippen molar-refractivity contribution >= 4 is 11.6 Å². The van der Waals surface area contributed by atoms with E-state index in [0.29, 0.717) is 5.56 Å². The van der Waals surface area contributed by atoms with E-state index in [1.807, 2.05) is 18.2 Å². The number of nitrogens with zero attached hydrogens (tertiary/aromatic N) is 1. The Morgan fingerprint density at radius 1 is 1.30 bits per heavy atom. The lowest BCUT2D eigenvalue weighted by molar-refractivity contribution is 0.0969. The SMILES string of the molecule is O=C1[N]Nc2ccccc21. The first kappa shape index (κ1) is 5.29. The molecule has 1 amide bonds. The van der Waals surface area contributed by atoms with Gasteiger partial charge in [-0.2, -0.15) is 0 Å². The highest BCUT2D eigenvalue weighted by atomic mass is 16.2. The fourth-order valence-electron chi connectivity index (χ4n) is 0.938. The van der Waals surface area contributed by atoms with Gasteiger partial charge in [0.25, 0.3) is 5.91 Å². The van der Waals surface area contributed by atoms with Crippen LogP contribution in [-0.4, -0.2) is 5.91 Å². The molecule has 49 valence electrons. The summed E-state index contributed by atoms with van der Waals surface area (Å²) in [5.41, 5.74) is 7.59. The van der Waals surface area contributed by atoms with Gasteiger partial charge in [-0.05, 0) is 12.1 Å². The topological polar surface area (TPSA) is 43.2 Å². The number of amides is 1. The molecule has 3 nitrogen and oxygen atoms in total. The Labute approximate surface area is 58.0 Å². The van der Waals surface area contributed by atoms with Crippen molar-refractivity contribution in [3.63, 3.8) is 0 Å². The molecule has 0 bridgehead atoms. The van der Waals surface area contributed by atoms with Gasteiger partial charge in [-0.3, -0.25) is 10.2 Å². The minimum absolute atomic E-state index is 0.185. The number of carbonyl (C=O) groups is 1. The summed E-state index contributed by atoms with van der Waals surface area (Å²) >= 11 is 0. The molecule has 0 saturated heterocycles. The second-order valence-electron chi connectivity index (χ2n) is 2.07. The molecule has 1 aromatic rings. The van der Waals surface area contributed by atoms with Crippen LogP contribution < -0.4 is 10.9 Å². The van der Waals surface area contributed by atoms with E-state index in [1.54, 1.807) is 6.07 Å². The molecule has 1 aliphatic rings. The lowest BCUT2D eigenvalue weighted by atomic mass is 10.2. The average molecular weight is 133 g/mol. The molecule has 0 aliphatic carbocycles. The van der Waals surface area contributed by atoms with E-state index in [-0.39, 0.29) is 5.91 Å². The molecule has 3 heteroatoms. The van der Waals surface area contributed by atoms with E-state index in [2.05, 4.69) is 10.9 Å². The molecule has 1 aromatic carbocycles. The van der Waals surface area contributed by atoms with Gasteiger partial charge in [0.1, 0.15) is 0 Å². The summed E-state index contributed by atoms with van der Waals surface area (Å²) in [6.45, 7) is 0. The van der Waals surface area contributed by atoms with Crippen LogP contribution in [0.25, 0.3) is 0 Å². The number of nitrogens with one attached hydrogen (secondary N) is 1. The van der Waals surface area contributed by atoms with E-state index < -0.39 is 0 Å². The Hall–Kier alpha value is -1.51. The minimum Gasteiger partial charge on any atom is -0.274 e. The van der Waals surface area contributed by atoms with Crippen LogP contribution in [0.1, 0.15) is 10.4 Å². The monoisotopic (exact) mass is 133 g/mol. The molecule has 0 spiro atoms. The van der Waals surface area contributed by atoms with Crippen molar-refractivity contribution < 1.29 is 4.79 Å². The zero-order valence-corrected chi connectivity index (χ0v) is 5.16. The van der Waals surface area contributed by atoms with Crippen LogP contribution in [0.4, 0.5) is 5.69 Å². The Bertz CT molecular complexity index is 283. The van der Waals surface area contributed by atoms with E-state index in [0.717, 1.165) is 5.69 Å². The molecule has 1 N–H and O–H groups in total. The molecule has 1 heterocycles. The van der Waals surface area contributed by atoms with Crippen molar-refractivity contribution in [1.29, 1.82) is 0 Å². The molecule has 0 atom stereocenters. The second-order valence-corrected chi connectivity index (χ2v) is 2.07. The number of fused-ring (bicyclic) bond motifs is 1. The van der Waals surface area contributed by atoms with Crippen LogP contribution in [0, 0.1) is 0 Å². The Kier molecular flexibility index (Phi) is 0.917. The molecule has 2 rings (SSSR count). The zero-order valence-electron chi connectivity index (χ0n) is 5.16. The van der Waals surface area contributed by atoms with Gasteiger partial charge < -0.3 is 0 Å². The molecule has 0 unspecified atom stereocenters. The van der Waals surface area contributed by atoms with E-state index in [4.69, 9.17) is 0 Å². The first-order chi connectivity index (χ1) is 4.88. The summed E-state index contributed by atoms with van der Waals surface area (Å²) in [4.78, 5) is 10.8. The molecular weight excluding hydrogens is 128 g/mol. The van der Waals surface area contributed by atoms with Crippen LogP contribution in [-0.2, 0) is 0 Å². The standard InChI is InChI=1S/C7H5N2O/c10-7-5-3-1-2-4-6(5)8-9-7/h1-4,8H. The van der Waals surface area contributed by atoms with Crippen molar-refractivity contribution in [2.45, 2.75) is 0 Å². The number of hydrogen-bond acceptors (Lipinski definition) is 2. The van der Waals surface area contributed by atoms with E-state index >= 15 is 0 Å². The summed E-state index contributed by atoms with van der Waals surface area (Å²) in [5.74, 6) is -0.185. The fraction of sp³-hybridized carbons (Fsp3) is 0. The van der Waals surface area contributed by atoms with Gasteiger partial charge >= 0.3 is 0 Å². The van der Waals surface area contributed by atoms with Crippen molar-refractivity contribution in [2.75, 3.05) is 5.43 Å². The van der Waals surface area contributed by atoms with Crippen LogP contribution in [0.2, 0.25) is 0 Å². The predicted octanol–water partition coefficient (Wildman–Crippen LogP) is 0.772. The van der Waals surface area contributed by atoms with Crippen molar-refractivity contribution in [3.05, 3.63) is 29.8 Å². The number of para-hydroxylation sites is 1. The molecule has 0 saturated carbocycles. The highest BCUT2D eigenvalue weighted by Crippen LogP contribution is 2.18. The predicted molar refractivity (Wildman–Crippen MR) is 36.5 cm³/mol. The Morgan fingerprint density at radius 3 is 2.90 bits per heavy atom. The number of carbonyl (C=O) groups excluding carboxylic acids is 1. The minimum atomic E-state index is -0.185. The maximum atomic E-state index is 10.8. The van der Waals surface area contributed by atoms with Gasteiger partial charge in [0.05, 0.1) is 11.3 Å². The number of hydrogen-bond donors (Lipinski definition) is 1. The molecular formula is C7H5N2O. The maximum absolute atomic E-state index is 10.8. The summed E-state index contributed by atoms with van der Waals surface area (Å²) in [5, 5.41) is 0. The Balaban J connectivity index is 2.61. The average Bonchev–Trinajstić information content (AvgIpc) is 2.34. The first-order valence-electron chi connectivity index (χ1n) is 2.98. The van der Waals surface area contributed by atoms with E-state index in [1.165, 1.54) is 0 Å². The molecule has 1 aliphatic heterocycles. The van der Waals surface area contributed by atoms with Crippen LogP contribution >= 0.6 is 0 Å². The smallest absolute Gasteiger partial charge is 0.274 e.